The van der Waals surface area contributed by atoms with Crippen LogP contribution in [0.4, 0.5) is 5.69 Å². The highest BCUT2D eigenvalue weighted by molar-refractivity contribution is 9.10. The molecule has 0 spiro atoms. The fourth-order valence-corrected chi connectivity index (χ4v) is 2.31. The molecule has 0 N–H and O–H groups in total. The molecule has 1 aliphatic heterocycles. The molecule has 0 saturated heterocycles. The fraction of sp³-hybridized carbons (Fsp3) is 0.200. The molecule has 0 atom stereocenters. The first-order valence-corrected chi connectivity index (χ1v) is 5.70. The number of hydrogen-bond donors (Lipinski definition) is 0. The van der Waals surface area contributed by atoms with E-state index >= 15 is 0 Å². The second-order valence-electron chi connectivity index (χ2n) is 3.11. The third-order valence-electron chi connectivity index (χ3n) is 2.26. The molecular weight excluding hydrogens is 281 g/mol. The van der Waals surface area contributed by atoms with Crippen molar-refractivity contribution in [3.05, 3.63) is 28.2 Å². The molecule has 3 nitrogen and oxygen atoms in total. The maximum absolute atomic E-state index is 11.6. The second-order valence-corrected chi connectivity index (χ2v) is 4.34. The summed E-state index contributed by atoms with van der Waals surface area (Å²) in [6.07, 6.45) is 0. The SMILES string of the molecule is O=C1C(=O)N(CCCl)c2cccc(Br)c21. The standard InChI is InChI=1S/C10H7BrClNO2/c11-6-2-1-3-7-8(6)9(14)10(15)13(7)5-4-12/h1-3H,4-5H2. The van der Waals surface area contributed by atoms with Gasteiger partial charge >= 0.3 is 0 Å². The predicted octanol–water partition coefficient (Wildman–Crippen LogP) is 2.22. The Morgan fingerprint density at radius 3 is 2.73 bits per heavy atom. The number of nitrogens with zero attached hydrogens (tertiary/aromatic N) is 1. The highest BCUT2D eigenvalue weighted by atomic mass is 79.9. The summed E-state index contributed by atoms with van der Waals surface area (Å²) in [5.41, 5.74) is 1.08. The van der Waals surface area contributed by atoms with Gasteiger partial charge in [-0.15, -0.1) is 11.6 Å². The van der Waals surface area contributed by atoms with Gasteiger partial charge in [-0.05, 0) is 28.1 Å². The summed E-state index contributed by atoms with van der Waals surface area (Å²) in [6.45, 7) is 0.357. The average molecular weight is 289 g/mol. The Hall–Kier alpha value is -0.870. The predicted molar refractivity (Wildman–Crippen MR) is 61.5 cm³/mol. The van der Waals surface area contributed by atoms with Gasteiger partial charge in [-0.3, -0.25) is 9.59 Å². The van der Waals surface area contributed by atoms with Gasteiger partial charge in [0.2, 0.25) is 0 Å². The van der Waals surface area contributed by atoms with Crippen molar-refractivity contribution in [2.24, 2.45) is 0 Å². The molecule has 1 aliphatic rings. The van der Waals surface area contributed by atoms with E-state index in [1.54, 1.807) is 18.2 Å². The number of carbonyl (C=O) groups is 2. The number of fused-ring (bicyclic) bond motifs is 1. The van der Waals surface area contributed by atoms with Gasteiger partial charge in [-0.2, -0.15) is 0 Å². The smallest absolute Gasteiger partial charge is 0.299 e. The van der Waals surface area contributed by atoms with Crippen LogP contribution in [0.25, 0.3) is 0 Å². The maximum atomic E-state index is 11.6. The van der Waals surface area contributed by atoms with Gasteiger partial charge in [0.15, 0.2) is 0 Å². The van der Waals surface area contributed by atoms with Crippen molar-refractivity contribution in [1.29, 1.82) is 0 Å². The van der Waals surface area contributed by atoms with Crippen LogP contribution in [0.1, 0.15) is 10.4 Å². The topological polar surface area (TPSA) is 37.4 Å². The third-order valence-corrected chi connectivity index (χ3v) is 3.09. The highest BCUT2D eigenvalue weighted by Crippen LogP contribution is 2.33. The summed E-state index contributed by atoms with van der Waals surface area (Å²) in [7, 11) is 0. The number of rotatable bonds is 2. The number of benzene rings is 1. The lowest BCUT2D eigenvalue weighted by Crippen LogP contribution is -2.31. The Labute approximate surface area is 100 Å². The summed E-state index contributed by atoms with van der Waals surface area (Å²) < 4.78 is 0.649. The number of Topliss-reactive ketones (excluding diaryl/α,β-unsaturated/α-hetero) is 1. The van der Waals surface area contributed by atoms with Crippen LogP contribution in [0.3, 0.4) is 0 Å². The fourth-order valence-electron chi connectivity index (χ4n) is 1.61. The van der Waals surface area contributed by atoms with Crippen LogP contribution >= 0.6 is 27.5 Å². The highest BCUT2D eigenvalue weighted by Gasteiger charge is 2.36. The molecule has 5 heteroatoms. The van der Waals surface area contributed by atoms with Crippen molar-refractivity contribution in [3.63, 3.8) is 0 Å². The molecule has 0 radical (unpaired) electrons. The van der Waals surface area contributed by atoms with Crippen LogP contribution in [0.15, 0.2) is 22.7 Å². The summed E-state index contributed by atoms with van der Waals surface area (Å²) in [4.78, 5) is 24.7. The summed E-state index contributed by atoms with van der Waals surface area (Å²) in [5.74, 6) is -0.662. The minimum absolute atomic E-state index is 0.310. The van der Waals surface area contributed by atoms with Crippen LogP contribution in [-0.2, 0) is 4.79 Å². The van der Waals surface area contributed by atoms with Crippen LogP contribution in [0.5, 0.6) is 0 Å². The van der Waals surface area contributed by atoms with E-state index in [0.29, 0.717) is 28.1 Å². The van der Waals surface area contributed by atoms with Gasteiger partial charge < -0.3 is 4.90 Å². The lowest BCUT2D eigenvalue weighted by molar-refractivity contribution is -0.114. The number of ketones is 1. The lowest BCUT2D eigenvalue weighted by Gasteiger charge is -2.14. The zero-order chi connectivity index (χ0) is 11.0. The zero-order valence-electron chi connectivity index (χ0n) is 7.67. The zero-order valence-corrected chi connectivity index (χ0v) is 10.0. The van der Waals surface area contributed by atoms with Gasteiger partial charge in [0.1, 0.15) is 0 Å². The van der Waals surface area contributed by atoms with E-state index in [0.717, 1.165) is 0 Å². The van der Waals surface area contributed by atoms with Crippen molar-refractivity contribution < 1.29 is 9.59 Å². The molecule has 15 heavy (non-hydrogen) atoms. The number of hydrogen-bond acceptors (Lipinski definition) is 2. The van der Waals surface area contributed by atoms with E-state index in [2.05, 4.69) is 15.9 Å². The molecule has 0 fully saturated rings. The third kappa shape index (κ3) is 1.58. The first-order valence-electron chi connectivity index (χ1n) is 4.37. The first-order chi connectivity index (χ1) is 7.16. The molecule has 0 bridgehead atoms. The summed E-state index contributed by atoms with van der Waals surface area (Å²) >= 11 is 8.85. The van der Waals surface area contributed by atoms with Crippen molar-refractivity contribution >= 4 is 44.9 Å². The maximum Gasteiger partial charge on any atom is 0.299 e. The van der Waals surface area contributed by atoms with Gasteiger partial charge in [0.25, 0.3) is 11.7 Å². The van der Waals surface area contributed by atoms with Crippen molar-refractivity contribution in [1.82, 2.24) is 0 Å². The van der Waals surface area contributed by atoms with E-state index in [1.165, 1.54) is 4.90 Å². The first kappa shape index (κ1) is 10.6. The molecular formula is C10H7BrClNO2. The van der Waals surface area contributed by atoms with Crippen LogP contribution in [0.2, 0.25) is 0 Å². The average Bonchev–Trinajstić information content (AvgIpc) is 2.45. The van der Waals surface area contributed by atoms with E-state index < -0.39 is 11.7 Å². The van der Waals surface area contributed by atoms with E-state index in [-0.39, 0.29) is 0 Å². The Morgan fingerprint density at radius 1 is 1.33 bits per heavy atom. The number of anilines is 1. The molecule has 2 rings (SSSR count). The van der Waals surface area contributed by atoms with Gasteiger partial charge in [-0.25, -0.2) is 0 Å². The lowest BCUT2D eigenvalue weighted by atomic mass is 10.1. The summed E-state index contributed by atoms with van der Waals surface area (Å²) in [5, 5.41) is 0. The number of carbonyl (C=O) groups excluding carboxylic acids is 2. The van der Waals surface area contributed by atoms with Crippen LogP contribution in [-0.4, -0.2) is 24.1 Å². The molecule has 78 valence electrons. The second kappa shape index (κ2) is 3.94. The van der Waals surface area contributed by atoms with Crippen molar-refractivity contribution in [3.8, 4) is 0 Å². The monoisotopic (exact) mass is 287 g/mol. The van der Waals surface area contributed by atoms with E-state index in [1.807, 2.05) is 0 Å². The normalized spacial score (nSPS) is 14.7. The Balaban J connectivity index is 2.55. The summed E-state index contributed by atoms with van der Waals surface area (Å²) in [6, 6.07) is 5.28. The van der Waals surface area contributed by atoms with E-state index in [9.17, 15) is 9.59 Å². The Bertz CT molecular complexity index is 447. The molecule has 1 amide bonds. The number of amides is 1. The molecule has 0 aromatic heterocycles. The van der Waals surface area contributed by atoms with E-state index in [4.69, 9.17) is 11.6 Å². The quantitative estimate of drug-likeness (QED) is 0.618. The molecule has 1 aromatic carbocycles. The van der Waals surface area contributed by atoms with Crippen LogP contribution < -0.4 is 4.90 Å². The molecule has 1 aromatic rings. The number of halogens is 2. The Kier molecular flexibility index (Phi) is 2.80. The molecule has 0 saturated carbocycles. The number of alkyl halides is 1. The minimum Gasteiger partial charge on any atom is -0.304 e. The van der Waals surface area contributed by atoms with Crippen molar-refractivity contribution in [2.75, 3.05) is 17.3 Å². The minimum atomic E-state index is -0.502. The molecule has 0 unspecified atom stereocenters. The Morgan fingerprint density at radius 2 is 2.07 bits per heavy atom. The van der Waals surface area contributed by atoms with Gasteiger partial charge in [-0.1, -0.05) is 6.07 Å². The molecule has 0 aliphatic carbocycles. The van der Waals surface area contributed by atoms with Gasteiger partial charge in [0.05, 0.1) is 11.3 Å². The van der Waals surface area contributed by atoms with Crippen molar-refractivity contribution in [2.45, 2.75) is 0 Å². The largest absolute Gasteiger partial charge is 0.304 e. The molecule has 1 heterocycles. The van der Waals surface area contributed by atoms with Crippen LogP contribution in [0, 0.1) is 0 Å². The van der Waals surface area contributed by atoms with Gasteiger partial charge in [0, 0.05) is 16.9 Å².